The molecule has 0 saturated heterocycles. The molecule has 1 saturated carbocycles. The Hall–Kier alpha value is -1.49. The van der Waals surface area contributed by atoms with Crippen LogP contribution >= 0.6 is 11.8 Å². The fraction of sp³-hybridized carbons (Fsp3) is 0.467. The lowest BCUT2D eigenvalue weighted by Gasteiger charge is -2.13. The van der Waals surface area contributed by atoms with Crippen LogP contribution in [-0.4, -0.2) is 28.8 Å². The first-order chi connectivity index (χ1) is 9.47. The van der Waals surface area contributed by atoms with Gasteiger partial charge in [0.1, 0.15) is 6.04 Å². The maximum atomic E-state index is 11.8. The van der Waals surface area contributed by atoms with Crippen molar-refractivity contribution in [1.29, 1.82) is 0 Å². The predicted molar refractivity (Wildman–Crippen MR) is 78.9 cm³/mol. The first kappa shape index (κ1) is 14.9. The average Bonchev–Trinajstić information content (AvgIpc) is 3.18. The second kappa shape index (κ2) is 6.31. The Morgan fingerprint density at radius 2 is 2.10 bits per heavy atom. The van der Waals surface area contributed by atoms with E-state index in [4.69, 9.17) is 5.11 Å². The van der Waals surface area contributed by atoms with E-state index in [-0.39, 0.29) is 17.6 Å². The van der Waals surface area contributed by atoms with E-state index in [1.54, 1.807) is 0 Å². The van der Waals surface area contributed by atoms with E-state index >= 15 is 0 Å². The predicted octanol–water partition coefficient (Wildman–Crippen LogP) is 2.37. The summed E-state index contributed by atoms with van der Waals surface area (Å²) in [5, 5.41) is 11.7. The molecule has 2 N–H and O–H groups in total. The fourth-order valence-electron chi connectivity index (χ4n) is 2.13. The van der Waals surface area contributed by atoms with E-state index in [0.717, 1.165) is 23.3 Å². The zero-order valence-corrected chi connectivity index (χ0v) is 12.5. The quantitative estimate of drug-likeness (QED) is 0.790. The van der Waals surface area contributed by atoms with E-state index in [2.05, 4.69) is 11.4 Å². The molecule has 4 nitrogen and oxygen atoms in total. The molecule has 20 heavy (non-hydrogen) atoms. The monoisotopic (exact) mass is 293 g/mol. The van der Waals surface area contributed by atoms with Gasteiger partial charge in [0.2, 0.25) is 5.91 Å². The Morgan fingerprint density at radius 3 is 2.65 bits per heavy atom. The molecule has 1 atom stereocenters. The summed E-state index contributed by atoms with van der Waals surface area (Å²) in [5.41, 5.74) is 2.33. The van der Waals surface area contributed by atoms with Crippen molar-refractivity contribution >= 4 is 23.6 Å². The number of aryl methyl sites for hydroxylation is 2. The fourth-order valence-corrected chi connectivity index (χ4v) is 2.95. The first-order valence-electron chi connectivity index (χ1n) is 6.69. The molecule has 1 aromatic carbocycles. The molecule has 0 heterocycles. The summed E-state index contributed by atoms with van der Waals surface area (Å²) in [4.78, 5) is 24.0. The molecule has 1 unspecified atom stereocenters. The van der Waals surface area contributed by atoms with Crippen LogP contribution in [0.1, 0.15) is 24.0 Å². The summed E-state index contributed by atoms with van der Waals surface area (Å²) in [6.07, 6.45) is 1.78. The van der Waals surface area contributed by atoms with Crippen molar-refractivity contribution in [3.05, 3.63) is 29.3 Å². The molecule has 5 heteroatoms. The number of carbonyl (C=O) groups is 2. The maximum Gasteiger partial charge on any atom is 0.326 e. The Bertz CT molecular complexity index is 526. The van der Waals surface area contributed by atoms with Gasteiger partial charge in [-0.3, -0.25) is 4.79 Å². The lowest BCUT2D eigenvalue weighted by Crippen LogP contribution is -2.43. The second-order valence-electron chi connectivity index (χ2n) is 5.28. The van der Waals surface area contributed by atoms with Crippen LogP contribution in [0.5, 0.6) is 0 Å². The van der Waals surface area contributed by atoms with Crippen molar-refractivity contribution in [2.45, 2.75) is 37.6 Å². The van der Waals surface area contributed by atoms with Gasteiger partial charge in [0.15, 0.2) is 0 Å². The van der Waals surface area contributed by atoms with Gasteiger partial charge in [0.25, 0.3) is 0 Å². The first-order valence-corrected chi connectivity index (χ1v) is 7.68. The van der Waals surface area contributed by atoms with Crippen molar-refractivity contribution in [2.75, 3.05) is 5.75 Å². The van der Waals surface area contributed by atoms with Crippen molar-refractivity contribution < 1.29 is 14.7 Å². The lowest BCUT2D eigenvalue weighted by atomic mass is 10.2. The van der Waals surface area contributed by atoms with Crippen LogP contribution in [0.3, 0.4) is 0 Å². The van der Waals surface area contributed by atoms with Crippen LogP contribution in [0.2, 0.25) is 0 Å². The topological polar surface area (TPSA) is 66.4 Å². The van der Waals surface area contributed by atoms with Crippen molar-refractivity contribution in [2.24, 2.45) is 5.92 Å². The molecular formula is C15H19NO3S. The summed E-state index contributed by atoms with van der Waals surface area (Å²) in [6, 6.07) is 5.36. The minimum absolute atomic E-state index is 0.113. The number of nitrogens with one attached hydrogen (secondary N) is 1. The van der Waals surface area contributed by atoms with Gasteiger partial charge in [-0.2, -0.15) is 0 Å². The molecule has 0 spiro atoms. The van der Waals surface area contributed by atoms with Crippen LogP contribution < -0.4 is 5.32 Å². The number of carboxylic acid groups (broad SMARTS) is 1. The van der Waals surface area contributed by atoms with Gasteiger partial charge in [-0.25, -0.2) is 4.79 Å². The second-order valence-corrected chi connectivity index (χ2v) is 6.30. The third-order valence-electron chi connectivity index (χ3n) is 3.37. The zero-order chi connectivity index (χ0) is 14.7. The summed E-state index contributed by atoms with van der Waals surface area (Å²) in [6.45, 7) is 4.04. The van der Waals surface area contributed by atoms with E-state index in [9.17, 15) is 9.59 Å². The standard InChI is InChI=1S/C15H19NO3S/c1-9-3-6-12(10(2)7-9)20-8-13(17)16-14(15(18)19)11-4-5-11/h3,6-7,11,14H,4-5,8H2,1-2H3,(H,16,17)(H,18,19). The number of thioether (sulfide) groups is 1. The summed E-state index contributed by atoms with van der Waals surface area (Å²) < 4.78 is 0. The Balaban J connectivity index is 1.86. The summed E-state index contributed by atoms with van der Waals surface area (Å²) >= 11 is 1.44. The third kappa shape index (κ3) is 4.00. The van der Waals surface area contributed by atoms with Gasteiger partial charge in [0, 0.05) is 4.90 Å². The molecule has 0 bridgehead atoms. The van der Waals surface area contributed by atoms with Gasteiger partial charge < -0.3 is 10.4 Å². The van der Waals surface area contributed by atoms with Crippen molar-refractivity contribution in [3.8, 4) is 0 Å². The number of amides is 1. The van der Waals surface area contributed by atoms with Gasteiger partial charge in [-0.15, -0.1) is 11.8 Å². The highest BCUT2D eigenvalue weighted by Crippen LogP contribution is 2.33. The highest BCUT2D eigenvalue weighted by atomic mass is 32.2. The van der Waals surface area contributed by atoms with Crippen LogP contribution in [0.4, 0.5) is 0 Å². The highest BCUT2D eigenvalue weighted by molar-refractivity contribution is 8.00. The minimum atomic E-state index is -0.933. The van der Waals surface area contributed by atoms with Crippen LogP contribution in [0.15, 0.2) is 23.1 Å². The number of carboxylic acids is 1. The van der Waals surface area contributed by atoms with Gasteiger partial charge in [0.05, 0.1) is 5.75 Å². The largest absolute Gasteiger partial charge is 0.480 e. The van der Waals surface area contributed by atoms with Crippen LogP contribution in [-0.2, 0) is 9.59 Å². The van der Waals surface area contributed by atoms with Gasteiger partial charge in [-0.05, 0) is 44.2 Å². The Morgan fingerprint density at radius 1 is 1.40 bits per heavy atom. The van der Waals surface area contributed by atoms with E-state index < -0.39 is 12.0 Å². The molecule has 1 fully saturated rings. The van der Waals surface area contributed by atoms with Crippen LogP contribution in [0.25, 0.3) is 0 Å². The normalized spacial score (nSPS) is 15.7. The molecule has 0 aliphatic heterocycles. The third-order valence-corrected chi connectivity index (χ3v) is 4.54. The molecule has 1 aromatic rings. The van der Waals surface area contributed by atoms with Crippen molar-refractivity contribution in [3.63, 3.8) is 0 Å². The van der Waals surface area contributed by atoms with Crippen LogP contribution in [0, 0.1) is 19.8 Å². The SMILES string of the molecule is Cc1ccc(SCC(=O)NC(C(=O)O)C2CC2)c(C)c1. The summed E-state index contributed by atoms with van der Waals surface area (Å²) in [5.74, 6) is -0.783. The zero-order valence-electron chi connectivity index (χ0n) is 11.7. The number of hydrogen-bond acceptors (Lipinski definition) is 3. The molecular weight excluding hydrogens is 274 g/mol. The number of rotatable bonds is 6. The molecule has 2 rings (SSSR count). The smallest absolute Gasteiger partial charge is 0.326 e. The van der Waals surface area contributed by atoms with E-state index in [1.807, 2.05) is 26.0 Å². The highest BCUT2D eigenvalue weighted by Gasteiger charge is 2.37. The maximum absolute atomic E-state index is 11.8. The van der Waals surface area contributed by atoms with E-state index in [0.29, 0.717) is 0 Å². The molecule has 0 radical (unpaired) electrons. The number of benzene rings is 1. The number of hydrogen-bond donors (Lipinski definition) is 2. The molecule has 1 aliphatic rings. The minimum Gasteiger partial charge on any atom is -0.480 e. The molecule has 108 valence electrons. The average molecular weight is 293 g/mol. The lowest BCUT2D eigenvalue weighted by molar-refractivity contribution is -0.142. The van der Waals surface area contributed by atoms with Gasteiger partial charge >= 0.3 is 5.97 Å². The number of carbonyl (C=O) groups excluding carboxylic acids is 1. The van der Waals surface area contributed by atoms with Crippen molar-refractivity contribution in [1.82, 2.24) is 5.32 Å². The summed E-state index contributed by atoms with van der Waals surface area (Å²) in [7, 11) is 0. The van der Waals surface area contributed by atoms with E-state index in [1.165, 1.54) is 17.3 Å². The number of aliphatic carboxylic acids is 1. The molecule has 1 amide bonds. The Kier molecular flexibility index (Phi) is 4.70. The molecule has 1 aliphatic carbocycles. The molecule has 0 aromatic heterocycles. The Labute approximate surface area is 123 Å². The van der Waals surface area contributed by atoms with Gasteiger partial charge in [-0.1, -0.05) is 17.7 Å².